The summed E-state index contributed by atoms with van der Waals surface area (Å²) >= 11 is 0. The fraction of sp³-hybridized carbons (Fsp3) is 0.133. The summed E-state index contributed by atoms with van der Waals surface area (Å²) in [7, 11) is 0. The highest BCUT2D eigenvalue weighted by atomic mass is 16.5. The molecule has 0 aliphatic carbocycles. The van der Waals surface area contributed by atoms with Gasteiger partial charge in [0, 0.05) is 17.8 Å². The molecule has 0 aliphatic heterocycles. The van der Waals surface area contributed by atoms with Gasteiger partial charge in [0.2, 0.25) is 0 Å². The number of hydrogen-bond donors (Lipinski definition) is 2. The average molecular weight is 286 g/mol. The number of carbonyl (C=O) groups excluding carboxylic acids is 1. The van der Waals surface area contributed by atoms with Gasteiger partial charge in [-0.05, 0) is 43.2 Å². The molecule has 1 amide bonds. The zero-order chi connectivity index (χ0) is 15.4. The van der Waals surface area contributed by atoms with Crippen molar-refractivity contribution < 1.29 is 19.2 Å². The first-order chi connectivity index (χ1) is 9.95. The summed E-state index contributed by atoms with van der Waals surface area (Å²) in [4.78, 5) is 22.5. The zero-order valence-corrected chi connectivity index (χ0v) is 11.6. The van der Waals surface area contributed by atoms with E-state index in [1.165, 1.54) is 12.1 Å². The monoisotopic (exact) mass is 286 g/mol. The van der Waals surface area contributed by atoms with Crippen LogP contribution in [0.5, 0.6) is 0 Å². The van der Waals surface area contributed by atoms with Crippen LogP contribution >= 0.6 is 0 Å². The Bertz CT molecular complexity index is 716. The molecular formula is C15H14N2O4. The summed E-state index contributed by atoms with van der Waals surface area (Å²) < 4.78 is 4.84. The molecule has 0 saturated carbocycles. The van der Waals surface area contributed by atoms with Crippen LogP contribution in [0, 0.1) is 13.8 Å². The Morgan fingerprint density at radius 1 is 1.29 bits per heavy atom. The summed E-state index contributed by atoms with van der Waals surface area (Å²) in [6.45, 7) is 3.55. The number of carboxylic acid groups (broad SMARTS) is 1. The molecule has 1 aromatic heterocycles. The van der Waals surface area contributed by atoms with E-state index >= 15 is 0 Å². The van der Waals surface area contributed by atoms with Gasteiger partial charge in [0.05, 0.1) is 0 Å². The second-order valence-corrected chi connectivity index (χ2v) is 4.52. The van der Waals surface area contributed by atoms with Crippen molar-refractivity contribution in [2.24, 2.45) is 0 Å². The van der Waals surface area contributed by atoms with Gasteiger partial charge in [-0.3, -0.25) is 4.79 Å². The van der Waals surface area contributed by atoms with E-state index in [4.69, 9.17) is 9.63 Å². The third-order valence-electron chi connectivity index (χ3n) is 2.80. The van der Waals surface area contributed by atoms with E-state index in [0.29, 0.717) is 17.0 Å². The summed E-state index contributed by atoms with van der Waals surface area (Å²) in [6, 6.07) is 6.76. The largest absolute Gasteiger partial charge is 0.478 e. The van der Waals surface area contributed by atoms with Gasteiger partial charge in [-0.15, -0.1) is 0 Å². The van der Waals surface area contributed by atoms with Crippen molar-refractivity contribution in [3.05, 3.63) is 52.9 Å². The van der Waals surface area contributed by atoms with E-state index in [2.05, 4.69) is 10.5 Å². The average Bonchev–Trinajstić information content (AvgIpc) is 2.86. The molecule has 1 heterocycles. The number of benzene rings is 1. The Kier molecular flexibility index (Phi) is 4.18. The van der Waals surface area contributed by atoms with Gasteiger partial charge < -0.3 is 14.9 Å². The summed E-state index contributed by atoms with van der Waals surface area (Å²) in [5.41, 5.74) is 2.36. The van der Waals surface area contributed by atoms with Gasteiger partial charge in [0.25, 0.3) is 5.91 Å². The number of nitrogens with one attached hydrogen (secondary N) is 1. The first kappa shape index (κ1) is 14.5. The van der Waals surface area contributed by atoms with Gasteiger partial charge in [0.15, 0.2) is 5.69 Å². The molecule has 6 nitrogen and oxygen atoms in total. The maximum atomic E-state index is 11.9. The van der Waals surface area contributed by atoms with Crippen molar-refractivity contribution in [3.63, 3.8) is 0 Å². The predicted octanol–water partition coefficient (Wildman–Crippen LogP) is 2.64. The lowest BCUT2D eigenvalue weighted by atomic mass is 10.1. The number of nitrogens with zero attached hydrogens (tertiary/aromatic N) is 1. The van der Waals surface area contributed by atoms with Crippen molar-refractivity contribution in [3.8, 4) is 0 Å². The molecule has 0 saturated heterocycles. The number of carbonyl (C=O) groups is 2. The minimum atomic E-state index is -1.03. The molecule has 108 valence electrons. The molecule has 0 bridgehead atoms. The standard InChI is InChI=1S/C15H14N2O4/c1-9-3-5-12(8-11(9)4-6-14(18)19)16-15(20)13-7-10(2)21-17-13/h3-8H,1-2H3,(H,16,20)(H,18,19). The van der Waals surface area contributed by atoms with Crippen molar-refractivity contribution in [1.29, 1.82) is 0 Å². The van der Waals surface area contributed by atoms with Gasteiger partial charge in [0.1, 0.15) is 5.76 Å². The van der Waals surface area contributed by atoms with E-state index in [1.54, 1.807) is 25.1 Å². The number of aliphatic carboxylic acids is 1. The zero-order valence-electron chi connectivity index (χ0n) is 11.6. The van der Waals surface area contributed by atoms with Crippen LogP contribution in [-0.2, 0) is 4.79 Å². The summed E-state index contributed by atoms with van der Waals surface area (Å²) in [5, 5.41) is 15.0. The maximum absolute atomic E-state index is 11.9. The van der Waals surface area contributed by atoms with Gasteiger partial charge in [-0.2, -0.15) is 0 Å². The van der Waals surface area contributed by atoms with Crippen LogP contribution in [0.15, 0.2) is 34.9 Å². The molecule has 0 spiro atoms. The lowest BCUT2D eigenvalue weighted by Crippen LogP contribution is -2.12. The SMILES string of the molecule is Cc1cc(C(=O)Nc2ccc(C)c(C=CC(=O)O)c2)no1. The molecule has 21 heavy (non-hydrogen) atoms. The number of amides is 1. The second kappa shape index (κ2) is 6.04. The summed E-state index contributed by atoms with van der Waals surface area (Å²) in [5.74, 6) is -0.861. The molecule has 0 fully saturated rings. The van der Waals surface area contributed by atoms with Gasteiger partial charge in [-0.1, -0.05) is 11.2 Å². The first-order valence-electron chi connectivity index (χ1n) is 6.22. The number of hydrogen-bond acceptors (Lipinski definition) is 4. The third kappa shape index (κ3) is 3.79. The minimum Gasteiger partial charge on any atom is -0.478 e. The first-order valence-corrected chi connectivity index (χ1v) is 6.22. The highest BCUT2D eigenvalue weighted by Gasteiger charge is 2.11. The van der Waals surface area contributed by atoms with Crippen LogP contribution in [0.2, 0.25) is 0 Å². The number of aryl methyl sites for hydroxylation is 2. The lowest BCUT2D eigenvalue weighted by molar-refractivity contribution is -0.131. The maximum Gasteiger partial charge on any atom is 0.328 e. The fourth-order valence-electron chi connectivity index (χ4n) is 1.73. The Balaban J connectivity index is 2.19. The van der Waals surface area contributed by atoms with Crippen molar-refractivity contribution in [2.75, 3.05) is 5.32 Å². The van der Waals surface area contributed by atoms with Crippen molar-refractivity contribution in [1.82, 2.24) is 5.16 Å². The Labute approximate surface area is 121 Å². The fourth-order valence-corrected chi connectivity index (χ4v) is 1.73. The van der Waals surface area contributed by atoms with Crippen LogP contribution in [0.4, 0.5) is 5.69 Å². The van der Waals surface area contributed by atoms with E-state index in [9.17, 15) is 9.59 Å². The normalized spacial score (nSPS) is 10.8. The van der Waals surface area contributed by atoms with E-state index in [0.717, 1.165) is 11.6 Å². The quantitative estimate of drug-likeness (QED) is 0.843. The Morgan fingerprint density at radius 2 is 2.05 bits per heavy atom. The molecule has 0 radical (unpaired) electrons. The van der Waals surface area contributed by atoms with E-state index < -0.39 is 5.97 Å². The van der Waals surface area contributed by atoms with Gasteiger partial charge in [-0.25, -0.2) is 4.79 Å². The highest BCUT2D eigenvalue weighted by Crippen LogP contribution is 2.17. The molecule has 1 aromatic carbocycles. The third-order valence-corrected chi connectivity index (χ3v) is 2.80. The van der Waals surface area contributed by atoms with E-state index in [1.807, 2.05) is 6.92 Å². The van der Waals surface area contributed by atoms with Crippen molar-refractivity contribution in [2.45, 2.75) is 13.8 Å². The van der Waals surface area contributed by atoms with Crippen LogP contribution in [0.25, 0.3) is 6.08 Å². The van der Waals surface area contributed by atoms with Gasteiger partial charge >= 0.3 is 5.97 Å². The minimum absolute atomic E-state index is 0.190. The molecule has 2 rings (SSSR count). The molecule has 0 atom stereocenters. The van der Waals surface area contributed by atoms with Crippen LogP contribution in [-0.4, -0.2) is 22.1 Å². The summed E-state index contributed by atoms with van der Waals surface area (Å²) in [6.07, 6.45) is 2.53. The number of rotatable bonds is 4. The molecule has 2 N–H and O–H groups in total. The molecule has 0 unspecified atom stereocenters. The lowest BCUT2D eigenvalue weighted by Gasteiger charge is -2.06. The Hall–Kier alpha value is -2.89. The molecule has 2 aromatic rings. The molecular weight excluding hydrogens is 272 g/mol. The highest BCUT2D eigenvalue weighted by molar-refractivity contribution is 6.03. The van der Waals surface area contributed by atoms with Crippen molar-refractivity contribution >= 4 is 23.6 Å². The van der Waals surface area contributed by atoms with E-state index in [-0.39, 0.29) is 11.6 Å². The second-order valence-electron chi connectivity index (χ2n) is 4.52. The van der Waals surface area contributed by atoms with Crippen LogP contribution < -0.4 is 5.32 Å². The Morgan fingerprint density at radius 3 is 2.67 bits per heavy atom. The molecule has 0 aliphatic rings. The van der Waals surface area contributed by atoms with Crippen LogP contribution in [0.1, 0.15) is 27.4 Å². The number of carboxylic acids is 1. The smallest absolute Gasteiger partial charge is 0.328 e. The molecule has 6 heteroatoms. The number of anilines is 1. The topological polar surface area (TPSA) is 92.4 Å². The van der Waals surface area contributed by atoms with Crippen LogP contribution in [0.3, 0.4) is 0 Å². The number of aromatic nitrogens is 1. The predicted molar refractivity (Wildman–Crippen MR) is 77.0 cm³/mol.